The van der Waals surface area contributed by atoms with E-state index in [9.17, 15) is 8.42 Å². The summed E-state index contributed by atoms with van der Waals surface area (Å²) >= 11 is 3.38. The molecule has 1 aliphatic heterocycles. The van der Waals surface area contributed by atoms with Crippen LogP contribution in [0.1, 0.15) is 32.3 Å². The van der Waals surface area contributed by atoms with Gasteiger partial charge in [0.15, 0.2) is 0 Å². The first-order chi connectivity index (χ1) is 9.76. The second-order valence-corrected chi connectivity index (χ2v) is 9.12. The lowest BCUT2D eigenvalue weighted by molar-refractivity contribution is 0.196. The van der Waals surface area contributed by atoms with E-state index in [1.165, 1.54) is 0 Å². The molecule has 1 N–H and O–H groups in total. The maximum absolute atomic E-state index is 12.9. The van der Waals surface area contributed by atoms with Gasteiger partial charge >= 0.3 is 0 Å². The lowest BCUT2D eigenvalue weighted by Crippen LogP contribution is -2.41. The van der Waals surface area contributed by atoms with Crippen molar-refractivity contribution in [2.45, 2.75) is 38.1 Å². The van der Waals surface area contributed by atoms with Gasteiger partial charge in [0.25, 0.3) is 0 Å². The maximum Gasteiger partial charge on any atom is 0.244 e. The molecule has 0 saturated carbocycles. The Bertz CT molecular complexity index is 604. The standard InChI is InChI=1S/C15H23BrN2O2S/c1-15(2)6-8-18(9-7-15)21(19,20)14-10-12(11-17-3)4-5-13(14)16/h4-5,10,17H,6-9,11H2,1-3H3. The molecule has 1 saturated heterocycles. The molecule has 0 unspecified atom stereocenters. The van der Waals surface area contributed by atoms with E-state index in [4.69, 9.17) is 0 Å². The van der Waals surface area contributed by atoms with Crippen molar-refractivity contribution < 1.29 is 8.42 Å². The van der Waals surface area contributed by atoms with Gasteiger partial charge in [0, 0.05) is 24.1 Å². The molecule has 0 amide bonds. The van der Waals surface area contributed by atoms with E-state index in [-0.39, 0.29) is 5.41 Å². The number of rotatable bonds is 4. The Hall–Kier alpha value is -0.430. The predicted molar refractivity (Wildman–Crippen MR) is 88.7 cm³/mol. The molecule has 6 heteroatoms. The monoisotopic (exact) mass is 374 g/mol. The fraction of sp³-hybridized carbons (Fsp3) is 0.600. The molecule has 0 aliphatic carbocycles. The summed E-state index contributed by atoms with van der Waals surface area (Å²) < 4.78 is 27.9. The van der Waals surface area contributed by atoms with Gasteiger partial charge in [-0.1, -0.05) is 19.9 Å². The first-order valence-electron chi connectivity index (χ1n) is 7.19. The number of hydrogen-bond donors (Lipinski definition) is 1. The smallest absolute Gasteiger partial charge is 0.244 e. The normalized spacial score (nSPS) is 19.6. The molecule has 0 atom stereocenters. The highest BCUT2D eigenvalue weighted by Gasteiger charge is 2.33. The number of nitrogens with zero attached hydrogens (tertiary/aromatic N) is 1. The van der Waals surface area contributed by atoms with E-state index < -0.39 is 10.0 Å². The molecule has 0 spiro atoms. The van der Waals surface area contributed by atoms with Crippen molar-refractivity contribution in [3.8, 4) is 0 Å². The SMILES string of the molecule is CNCc1ccc(Br)c(S(=O)(=O)N2CCC(C)(C)CC2)c1. The highest BCUT2D eigenvalue weighted by Crippen LogP contribution is 2.34. The zero-order chi connectivity index (χ0) is 15.7. The van der Waals surface area contributed by atoms with Crippen molar-refractivity contribution in [3.63, 3.8) is 0 Å². The average molecular weight is 375 g/mol. The lowest BCUT2D eigenvalue weighted by atomic mass is 9.83. The zero-order valence-corrected chi connectivity index (χ0v) is 15.2. The van der Waals surface area contributed by atoms with Crippen LogP contribution in [0.3, 0.4) is 0 Å². The van der Waals surface area contributed by atoms with Crippen LogP contribution in [-0.4, -0.2) is 32.9 Å². The second-order valence-electron chi connectivity index (χ2n) is 6.36. The third-order valence-corrected chi connectivity index (χ3v) is 6.96. The van der Waals surface area contributed by atoms with Gasteiger partial charge in [0.2, 0.25) is 10.0 Å². The van der Waals surface area contributed by atoms with Crippen molar-refractivity contribution in [1.82, 2.24) is 9.62 Å². The molecule has 1 aliphatic rings. The summed E-state index contributed by atoms with van der Waals surface area (Å²) in [7, 11) is -1.57. The van der Waals surface area contributed by atoms with Crippen molar-refractivity contribution in [2.24, 2.45) is 5.41 Å². The minimum absolute atomic E-state index is 0.233. The van der Waals surface area contributed by atoms with Crippen molar-refractivity contribution in [3.05, 3.63) is 28.2 Å². The number of hydrogen-bond acceptors (Lipinski definition) is 3. The second kappa shape index (κ2) is 6.36. The molecule has 21 heavy (non-hydrogen) atoms. The van der Waals surface area contributed by atoms with Crippen molar-refractivity contribution >= 4 is 26.0 Å². The molecule has 118 valence electrons. The first-order valence-corrected chi connectivity index (χ1v) is 9.43. The van der Waals surface area contributed by atoms with E-state index in [1.54, 1.807) is 10.4 Å². The molecule has 1 heterocycles. The third-order valence-electron chi connectivity index (χ3n) is 4.07. The number of benzene rings is 1. The topological polar surface area (TPSA) is 49.4 Å². The van der Waals surface area contributed by atoms with E-state index in [0.29, 0.717) is 29.0 Å². The quantitative estimate of drug-likeness (QED) is 0.880. The Morgan fingerprint density at radius 3 is 2.48 bits per heavy atom. The summed E-state index contributed by atoms with van der Waals surface area (Å²) in [5.74, 6) is 0. The molecular weight excluding hydrogens is 352 g/mol. The predicted octanol–water partition coefficient (Wildman–Crippen LogP) is 2.98. The summed E-state index contributed by atoms with van der Waals surface area (Å²) in [5, 5.41) is 3.05. The minimum Gasteiger partial charge on any atom is -0.316 e. The van der Waals surface area contributed by atoms with Crippen LogP contribution in [0.25, 0.3) is 0 Å². The summed E-state index contributed by atoms with van der Waals surface area (Å²) in [6.45, 7) is 6.24. The van der Waals surface area contributed by atoms with Crippen LogP contribution in [-0.2, 0) is 16.6 Å². The molecule has 1 aromatic rings. The van der Waals surface area contributed by atoms with Crippen LogP contribution in [0.5, 0.6) is 0 Å². The first kappa shape index (κ1) is 16.9. The van der Waals surface area contributed by atoms with Crippen molar-refractivity contribution in [1.29, 1.82) is 0 Å². The molecule has 1 fully saturated rings. The van der Waals surface area contributed by atoms with Crippen LogP contribution >= 0.6 is 15.9 Å². The Labute approximate surface area is 136 Å². The van der Waals surface area contributed by atoms with Gasteiger partial charge in [0.05, 0.1) is 4.90 Å². The number of sulfonamides is 1. The van der Waals surface area contributed by atoms with Gasteiger partial charge in [-0.2, -0.15) is 4.31 Å². The van der Waals surface area contributed by atoms with E-state index in [0.717, 1.165) is 18.4 Å². The zero-order valence-electron chi connectivity index (χ0n) is 12.8. The van der Waals surface area contributed by atoms with Crippen LogP contribution in [0, 0.1) is 5.41 Å². The Morgan fingerprint density at radius 2 is 1.90 bits per heavy atom. The van der Waals surface area contributed by atoms with Gasteiger partial charge < -0.3 is 5.32 Å². The van der Waals surface area contributed by atoms with Crippen LogP contribution in [0.15, 0.2) is 27.6 Å². The molecule has 0 radical (unpaired) electrons. The van der Waals surface area contributed by atoms with Gasteiger partial charge in [-0.25, -0.2) is 8.42 Å². The molecular formula is C15H23BrN2O2S. The molecule has 0 bridgehead atoms. The molecule has 2 rings (SSSR count). The highest BCUT2D eigenvalue weighted by atomic mass is 79.9. The highest BCUT2D eigenvalue weighted by molar-refractivity contribution is 9.10. The average Bonchev–Trinajstić information content (AvgIpc) is 2.40. The molecule has 0 aromatic heterocycles. The van der Waals surface area contributed by atoms with E-state index >= 15 is 0 Å². The molecule has 4 nitrogen and oxygen atoms in total. The Balaban J connectivity index is 2.29. The summed E-state index contributed by atoms with van der Waals surface area (Å²) in [6, 6.07) is 5.50. The fourth-order valence-electron chi connectivity index (χ4n) is 2.53. The summed E-state index contributed by atoms with van der Waals surface area (Å²) in [6.07, 6.45) is 1.81. The Kier molecular flexibility index (Phi) is 5.13. The Morgan fingerprint density at radius 1 is 1.29 bits per heavy atom. The number of piperidine rings is 1. The van der Waals surface area contributed by atoms with Crippen LogP contribution in [0.4, 0.5) is 0 Å². The van der Waals surface area contributed by atoms with E-state index in [1.807, 2.05) is 19.2 Å². The van der Waals surface area contributed by atoms with Gasteiger partial charge in [-0.15, -0.1) is 0 Å². The summed E-state index contributed by atoms with van der Waals surface area (Å²) in [4.78, 5) is 0.370. The molecule has 1 aromatic carbocycles. The fourth-order valence-corrected chi connectivity index (χ4v) is 4.95. The maximum atomic E-state index is 12.9. The van der Waals surface area contributed by atoms with Crippen LogP contribution in [0.2, 0.25) is 0 Å². The van der Waals surface area contributed by atoms with Gasteiger partial charge in [0.1, 0.15) is 0 Å². The van der Waals surface area contributed by atoms with Gasteiger partial charge in [-0.05, 0) is 58.9 Å². The number of nitrogens with one attached hydrogen (secondary N) is 1. The van der Waals surface area contributed by atoms with Gasteiger partial charge in [-0.3, -0.25) is 0 Å². The largest absolute Gasteiger partial charge is 0.316 e. The lowest BCUT2D eigenvalue weighted by Gasteiger charge is -2.36. The van der Waals surface area contributed by atoms with E-state index in [2.05, 4.69) is 35.1 Å². The summed E-state index contributed by atoms with van der Waals surface area (Å²) in [5.41, 5.74) is 1.20. The van der Waals surface area contributed by atoms with Crippen LogP contribution < -0.4 is 5.32 Å². The third kappa shape index (κ3) is 3.86. The van der Waals surface area contributed by atoms with Crippen molar-refractivity contribution in [2.75, 3.05) is 20.1 Å². The minimum atomic E-state index is -3.43. The number of halogens is 1.